The Hall–Kier alpha value is -1.57. The minimum absolute atomic E-state index is 0.483. The van der Waals surface area contributed by atoms with Crippen LogP contribution in [0.15, 0.2) is 29.0 Å². The Labute approximate surface area is 123 Å². The largest absolute Gasteiger partial charge is 0.495 e. The summed E-state index contributed by atoms with van der Waals surface area (Å²) in [5, 5.41) is 3.61. The molecule has 100 valence electrons. The molecule has 0 fully saturated rings. The van der Waals surface area contributed by atoms with Crippen molar-refractivity contribution in [2.75, 3.05) is 17.9 Å². The lowest BCUT2D eigenvalue weighted by Crippen LogP contribution is -2.10. The van der Waals surface area contributed by atoms with Gasteiger partial charge in [-0.05, 0) is 34.1 Å². The number of rotatable bonds is 4. The lowest BCUT2D eigenvalue weighted by molar-refractivity contribution is 0.415. The molecule has 0 aliphatic heterocycles. The van der Waals surface area contributed by atoms with Crippen molar-refractivity contribution in [2.45, 2.75) is 0 Å². The fourth-order valence-corrected chi connectivity index (χ4v) is 2.11. The van der Waals surface area contributed by atoms with Crippen molar-refractivity contribution in [1.29, 1.82) is 0 Å². The van der Waals surface area contributed by atoms with Gasteiger partial charge in [0.15, 0.2) is 5.82 Å². The molecule has 2 rings (SSSR count). The second kappa shape index (κ2) is 6.05. The first-order valence-corrected chi connectivity index (χ1v) is 6.40. The summed E-state index contributed by atoms with van der Waals surface area (Å²) in [5.41, 5.74) is 3.24. The topological polar surface area (TPSA) is 85.1 Å². The number of nitrogens with zero attached hydrogens (tertiary/aromatic N) is 2. The summed E-state index contributed by atoms with van der Waals surface area (Å²) in [4.78, 5) is 8.08. The molecule has 0 unspecified atom stereocenters. The first kappa shape index (κ1) is 13.9. The van der Waals surface area contributed by atoms with E-state index in [4.69, 9.17) is 22.2 Å². The van der Waals surface area contributed by atoms with Gasteiger partial charge >= 0.3 is 0 Å². The smallest absolute Gasteiger partial charge is 0.159 e. The predicted octanol–water partition coefficient (Wildman–Crippen LogP) is 2.93. The molecule has 0 saturated carbocycles. The van der Waals surface area contributed by atoms with Crippen LogP contribution in [0.25, 0.3) is 0 Å². The van der Waals surface area contributed by atoms with Crippen LogP contribution in [-0.4, -0.2) is 17.1 Å². The van der Waals surface area contributed by atoms with Gasteiger partial charge in [-0.15, -0.1) is 0 Å². The van der Waals surface area contributed by atoms with Crippen LogP contribution in [0.4, 0.5) is 17.3 Å². The van der Waals surface area contributed by atoms with Crippen LogP contribution >= 0.6 is 27.5 Å². The molecule has 0 amide bonds. The van der Waals surface area contributed by atoms with Gasteiger partial charge in [0.1, 0.15) is 22.4 Å². The molecule has 0 radical (unpaired) electrons. The van der Waals surface area contributed by atoms with Crippen molar-refractivity contribution in [3.63, 3.8) is 0 Å². The number of hydrogen-bond donors (Lipinski definition) is 3. The zero-order valence-electron chi connectivity index (χ0n) is 9.95. The highest BCUT2D eigenvalue weighted by Gasteiger charge is 2.09. The summed E-state index contributed by atoms with van der Waals surface area (Å²) in [6.45, 7) is 0. The third-order valence-electron chi connectivity index (χ3n) is 2.34. The molecule has 19 heavy (non-hydrogen) atoms. The third-order valence-corrected chi connectivity index (χ3v) is 3.39. The first-order valence-electron chi connectivity index (χ1n) is 5.23. The highest BCUT2D eigenvalue weighted by Crippen LogP contribution is 2.31. The normalized spacial score (nSPS) is 10.1. The fraction of sp³-hybridized carbons (Fsp3) is 0.0909. The monoisotopic (exact) mass is 343 g/mol. The van der Waals surface area contributed by atoms with E-state index in [-0.39, 0.29) is 0 Å². The molecule has 0 aliphatic carbocycles. The Morgan fingerprint density at radius 3 is 2.68 bits per heavy atom. The number of benzene rings is 1. The minimum Gasteiger partial charge on any atom is -0.495 e. The number of hydrogen-bond acceptors (Lipinski definition) is 6. The van der Waals surface area contributed by atoms with Gasteiger partial charge < -0.3 is 15.5 Å². The molecule has 6 nitrogen and oxygen atoms in total. The zero-order valence-corrected chi connectivity index (χ0v) is 12.3. The van der Waals surface area contributed by atoms with Crippen LogP contribution in [0.2, 0.25) is 5.02 Å². The van der Waals surface area contributed by atoms with E-state index in [0.29, 0.717) is 26.9 Å². The molecule has 2 aromatic rings. The minimum atomic E-state index is 0.483. The Kier molecular flexibility index (Phi) is 4.41. The molecule has 4 N–H and O–H groups in total. The van der Waals surface area contributed by atoms with Crippen LogP contribution in [0.3, 0.4) is 0 Å². The molecule has 0 atom stereocenters. The number of nitrogens with two attached hydrogens (primary N) is 1. The summed E-state index contributed by atoms with van der Waals surface area (Å²) in [6, 6.07) is 5.33. The third kappa shape index (κ3) is 3.06. The number of nitrogens with one attached hydrogen (secondary N) is 2. The summed E-state index contributed by atoms with van der Waals surface area (Å²) in [6.07, 6.45) is 1.40. The maximum Gasteiger partial charge on any atom is 0.159 e. The molecule has 1 heterocycles. The number of halogens is 2. The van der Waals surface area contributed by atoms with Gasteiger partial charge in [0.2, 0.25) is 0 Å². The van der Waals surface area contributed by atoms with Crippen molar-refractivity contribution >= 4 is 44.9 Å². The van der Waals surface area contributed by atoms with Crippen molar-refractivity contribution in [3.8, 4) is 5.75 Å². The number of anilines is 3. The van der Waals surface area contributed by atoms with Gasteiger partial charge in [0.25, 0.3) is 0 Å². The second-order valence-electron chi connectivity index (χ2n) is 3.50. The maximum atomic E-state index is 6.05. The van der Waals surface area contributed by atoms with Crippen molar-refractivity contribution < 1.29 is 4.74 Å². The Bertz CT molecular complexity index is 595. The molecule has 0 saturated heterocycles. The average Bonchev–Trinajstić information content (AvgIpc) is 2.41. The van der Waals surface area contributed by atoms with Crippen molar-refractivity contribution in [2.24, 2.45) is 5.84 Å². The highest BCUT2D eigenvalue weighted by atomic mass is 79.9. The number of nitrogen functional groups attached to an aromatic ring is 1. The quantitative estimate of drug-likeness (QED) is 0.584. The van der Waals surface area contributed by atoms with Crippen molar-refractivity contribution in [3.05, 3.63) is 34.0 Å². The maximum absolute atomic E-state index is 6.05. The number of hydrazine groups is 1. The summed E-state index contributed by atoms with van der Waals surface area (Å²) in [5.74, 6) is 7.01. The van der Waals surface area contributed by atoms with E-state index in [1.165, 1.54) is 6.33 Å². The Balaban J connectivity index is 2.29. The van der Waals surface area contributed by atoms with Crippen molar-refractivity contribution in [1.82, 2.24) is 9.97 Å². The van der Waals surface area contributed by atoms with Gasteiger partial charge in [-0.25, -0.2) is 15.8 Å². The molecule has 1 aromatic heterocycles. The van der Waals surface area contributed by atoms with E-state index < -0.39 is 0 Å². The number of methoxy groups -OCH3 is 1. The van der Waals surface area contributed by atoms with E-state index >= 15 is 0 Å². The van der Waals surface area contributed by atoms with Gasteiger partial charge in [0.05, 0.1) is 12.1 Å². The molecule has 8 heteroatoms. The fourth-order valence-electron chi connectivity index (χ4n) is 1.44. The van der Waals surface area contributed by atoms with Gasteiger partial charge in [-0.3, -0.25) is 0 Å². The van der Waals surface area contributed by atoms with Crippen LogP contribution in [0, 0.1) is 0 Å². The average molecular weight is 345 g/mol. The summed E-state index contributed by atoms with van der Waals surface area (Å²) < 4.78 is 5.72. The molecule has 1 aromatic carbocycles. The molecule has 0 bridgehead atoms. The van der Waals surface area contributed by atoms with E-state index in [1.807, 2.05) is 6.07 Å². The summed E-state index contributed by atoms with van der Waals surface area (Å²) in [7, 11) is 1.56. The highest BCUT2D eigenvalue weighted by molar-refractivity contribution is 9.10. The van der Waals surface area contributed by atoms with E-state index in [1.54, 1.807) is 19.2 Å². The SMILES string of the molecule is COc1ccc(Nc2ncnc(NN)c2Br)cc1Cl. The standard InChI is InChI=1S/C11H11BrClN5O/c1-19-8-3-2-6(4-7(8)13)17-10-9(12)11(18-14)16-5-15-10/h2-5H,14H2,1H3,(H2,15,16,17,18). The number of aromatic nitrogens is 2. The number of ether oxygens (including phenoxy) is 1. The first-order chi connectivity index (χ1) is 9.15. The molecule has 0 aliphatic rings. The molecular formula is C11H11BrClN5O. The van der Waals surface area contributed by atoms with Crippen LogP contribution in [0.5, 0.6) is 5.75 Å². The molecular weight excluding hydrogens is 334 g/mol. The van der Waals surface area contributed by atoms with Gasteiger partial charge in [-0.1, -0.05) is 11.6 Å². The van der Waals surface area contributed by atoms with Crippen LogP contribution < -0.4 is 21.3 Å². The summed E-state index contributed by atoms with van der Waals surface area (Å²) >= 11 is 9.41. The molecule has 0 spiro atoms. The van der Waals surface area contributed by atoms with Crippen LogP contribution in [0.1, 0.15) is 0 Å². The lowest BCUT2D eigenvalue weighted by Gasteiger charge is -2.11. The van der Waals surface area contributed by atoms with E-state index in [0.717, 1.165) is 5.69 Å². The van der Waals surface area contributed by atoms with E-state index in [9.17, 15) is 0 Å². The van der Waals surface area contributed by atoms with Gasteiger partial charge in [0, 0.05) is 5.69 Å². The lowest BCUT2D eigenvalue weighted by atomic mass is 10.3. The Morgan fingerprint density at radius 1 is 1.32 bits per heavy atom. The zero-order chi connectivity index (χ0) is 13.8. The van der Waals surface area contributed by atoms with Crippen LogP contribution in [-0.2, 0) is 0 Å². The van der Waals surface area contributed by atoms with Gasteiger partial charge in [-0.2, -0.15) is 0 Å². The second-order valence-corrected chi connectivity index (χ2v) is 4.70. The Morgan fingerprint density at radius 2 is 2.05 bits per heavy atom. The predicted molar refractivity (Wildman–Crippen MR) is 78.8 cm³/mol. The van der Waals surface area contributed by atoms with E-state index in [2.05, 4.69) is 36.6 Å².